The van der Waals surface area contributed by atoms with Crippen molar-refractivity contribution in [3.63, 3.8) is 0 Å². The van der Waals surface area contributed by atoms with Crippen molar-refractivity contribution in [1.82, 2.24) is 20.5 Å². The van der Waals surface area contributed by atoms with E-state index in [1.165, 1.54) is 4.90 Å². The van der Waals surface area contributed by atoms with Gasteiger partial charge < -0.3 is 53.8 Å². The fourth-order valence-corrected chi connectivity index (χ4v) is 11.0. The topological polar surface area (TPSA) is 193 Å². The lowest BCUT2D eigenvalue weighted by Crippen LogP contribution is -2.58. The van der Waals surface area contributed by atoms with Gasteiger partial charge in [-0.15, -0.1) is 11.3 Å². The molecule has 1 saturated heterocycles. The standard InChI is InChI=1S/C58H76N4O12S/c1-37-30-38(2)49(39(3)31-37)50-53(73-34-42-12-10-9-11-13-42)58(74-56(50)67)20-18-46(19-21-58)72-29-28-70-25-24-68-22-23-69-26-27-71-35-48(64)61-52(57(6,7)8)55(66)62-33-45(63)32-47(62)54(65)60-40(4)43-14-16-44(17-15-43)51-41(5)59-36-75-51/h9-17,30-31,36,40,45-47,52,63H,18-29,32-35H2,1-8H3,(H,60,65)(H,61,64)/t40-,45+,46-,47-,52+,58+/m0/s1. The number of carbonyl (C=O) groups excluding carboxylic acids is 4. The number of nitrogens with zero attached hydrogens (tertiary/aromatic N) is 2. The molecule has 406 valence electrons. The van der Waals surface area contributed by atoms with Crippen LogP contribution in [0.15, 0.2) is 78.0 Å². The minimum Gasteiger partial charge on any atom is -0.488 e. The summed E-state index contributed by atoms with van der Waals surface area (Å²) in [6.07, 6.45) is 1.84. The predicted octanol–water partition coefficient (Wildman–Crippen LogP) is 7.66. The molecule has 0 bridgehead atoms. The average molecular weight is 1050 g/mol. The largest absolute Gasteiger partial charge is 0.488 e. The Labute approximate surface area is 445 Å². The van der Waals surface area contributed by atoms with Crippen molar-refractivity contribution >= 4 is 40.6 Å². The van der Waals surface area contributed by atoms with Crippen molar-refractivity contribution in [2.75, 3.05) is 66.0 Å². The first-order chi connectivity index (χ1) is 35.9. The number of β-amino-alcohol motifs (C(OH)–C–C–N with tert-alkyl or cyclic N) is 1. The van der Waals surface area contributed by atoms with Gasteiger partial charge in [0.05, 0.1) is 87.2 Å². The van der Waals surface area contributed by atoms with E-state index < -0.39 is 41.0 Å². The van der Waals surface area contributed by atoms with Crippen molar-refractivity contribution in [3.05, 3.63) is 117 Å². The SMILES string of the molecule is Cc1cc(C)c(C2=C(OCc3ccccc3)[C@]3(CC[C@H](OCCOCCOCCOCCOCC(=O)N[C@H](C(=O)N4C[C@H](O)C[C@H]4C(=O)N[C@@H](C)c4ccc(-c5scnc5C)cc4)C(C)(C)C)CC3)OC2=O)c(C)c1. The highest BCUT2D eigenvalue weighted by molar-refractivity contribution is 7.13. The molecule has 3 N–H and O–H groups in total. The van der Waals surface area contributed by atoms with E-state index in [0.717, 1.165) is 49.5 Å². The van der Waals surface area contributed by atoms with E-state index in [-0.39, 0.29) is 56.8 Å². The van der Waals surface area contributed by atoms with Gasteiger partial charge in [0.1, 0.15) is 30.9 Å². The molecule has 1 spiro atoms. The molecule has 1 aromatic heterocycles. The van der Waals surface area contributed by atoms with Gasteiger partial charge in [0.25, 0.3) is 0 Å². The van der Waals surface area contributed by atoms with Crippen LogP contribution in [-0.4, -0.2) is 135 Å². The van der Waals surface area contributed by atoms with Crippen molar-refractivity contribution < 1.29 is 57.4 Å². The van der Waals surface area contributed by atoms with E-state index in [0.29, 0.717) is 83.3 Å². The van der Waals surface area contributed by atoms with E-state index >= 15 is 0 Å². The summed E-state index contributed by atoms with van der Waals surface area (Å²) in [4.78, 5) is 61.2. The molecule has 16 nitrogen and oxygen atoms in total. The maximum atomic E-state index is 14.0. The van der Waals surface area contributed by atoms with Gasteiger partial charge in [-0.1, -0.05) is 93.1 Å². The van der Waals surface area contributed by atoms with E-state index in [2.05, 4.69) is 34.7 Å². The highest BCUT2D eigenvalue weighted by atomic mass is 32.1. The number of ether oxygens (including phenoxy) is 7. The van der Waals surface area contributed by atoms with Gasteiger partial charge in [-0.2, -0.15) is 0 Å². The Hall–Kier alpha value is -5.53. The normalized spacial score (nSPS) is 20.6. The number of thiazole rings is 1. The first-order valence-electron chi connectivity index (χ1n) is 26.2. The molecule has 4 atom stereocenters. The molecular formula is C58H76N4O12S. The van der Waals surface area contributed by atoms with Crippen LogP contribution in [0.3, 0.4) is 0 Å². The van der Waals surface area contributed by atoms with E-state index in [4.69, 9.17) is 33.2 Å². The summed E-state index contributed by atoms with van der Waals surface area (Å²) in [7, 11) is 0. The highest BCUT2D eigenvalue weighted by Gasteiger charge is 2.52. The van der Waals surface area contributed by atoms with Crippen molar-refractivity contribution in [2.45, 2.75) is 130 Å². The molecule has 2 aliphatic heterocycles. The number of aliphatic hydroxyl groups excluding tert-OH is 1. The number of benzene rings is 3. The Kier molecular flexibility index (Phi) is 20.2. The molecule has 17 heteroatoms. The predicted molar refractivity (Wildman–Crippen MR) is 285 cm³/mol. The minimum absolute atomic E-state index is 0.00631. The summed E-state index contributed by atoms with van der Waals surface area (Å²) in [5, 5.41) is 16.5. The third-order valence-electron chi connectivity index (χ3n) is 14.0. The van der Waals surface area contributed by atoms with Crippen molar-refractivity contribution in [1.29, 1.82) is 0 Å². The molecule has 3 amide bonds. The number of hydrogen-bond acceptors (Lipinski definition) is 14. The Balaban J connectivity index is 0.745. The van der Waals surface area contributed by atoms with E-state index in [9.17, 15) is 24.3 Å². The van der Waals surface area contributed by atoms with Crippen LogP contribution in [0, 0.1) is 33.1 Å². The lowest BCUT2D eigenvalue weighted by molar-refractivity contribution is -0.154. The second-order valence-corrected chi connectivity index (χ2v) is 21.8. The summed E-state index contributed by atoms with van der Waals surface area (Å²) < 4.78 is 41.6. The fourth-order valence-electron chi connectivity index (χ4n) is 10.2. The quantitative estimate of drug-likeness (QED) is 0.0433. The maximum absolute atomic E-state index is 14.0. The third-order valence-corrected chi connectivity index (χ3v) is 15.0. The number of likely N-dealkylation sites (tertiary alicyclic amines) is 1. The van der Waals surface area contributed by atoms with Gasteiger partial charge >= 0.3 is 5.97 Å². The van der Waals surface area contributed by atoms with Gasteiger partial charge in [0, 0.05) is 13.0 Å². The number of aryl methyl sites for hydroxylation is 4. The molecule has 3 aromatic carbocycles. The third kappa shape index (κ3) is 15.1. The summed E-state index contributed by atoms with van der Waals surface area (Å²) in [6, 6.07) is 19.8. The van der Waals surface area contributed by atoms with Gasteiger partial charge in [0.15, 0.2) is 11.4 Å². The fraction of sp³-hybridized carbons (Fsp3) is 0.534. The molecule has 0 unspecified atom stereocenters. The van der Waals surface area contributed by atoms with Gasteiger partial charge in [-0.05, 0) is 99.1 Å². The molecular weight excluding hydrogens is 977 g/mol. The van der Waals surface area contributed by atoms with Gasteiger partial charge in [0.2, 0.25) is 17.7 Å². The van der Waals surface area contributed by atoms with Crippen LogP contribution >= 0.6 is 11.3 Å². The smallest absolute Gasteiger partial charge is 0.343 e. The zero-order valence-electron chi connectivity index (χ0n) is 44.9. The highest BCUT2D eigenvalue weighted by Crippen LogP contribution is 2.49. The number of carbonyl (C=O) groups is 4. The number of aliphatic hydroxyl groups is 1. The molecule has 3 heterocycles. The zero-order chi connectivity index (χ0) is 53.7. The first-order valence-corrected chi connectivity index (χ1v) is 27.1. The number of rotatable bonds is 25. The average Bonchev–Trinajstić information content (AvgIpc) is 4.08. The number of nitrogens with one attached hydrogen (secondary N) is 2. The van der Waals surface area contributed by atoms with Crippen LogP contribution < -0.4 is 10.6 Å². The molecule has 4 aromatic rings. The zero-order valence-corrected chi connectivity index (χ0v) is 45.7. The van der Waals surface area contributed by atoms with E-state index in [1.54, 1.807) is 11.3 Å². The van der Waals surface area contributed by atoms with Gasteiger partial charge in [-0.25, -0.2) is 9.78 Å². The van der Waals surface area contributed by atoms with Crippen molar-refractivity contribution in [2.24, 2.45) is 5.41 Å². The summed E-state index contributed by atoms with van der Waals surface area (Å²) in [5.41, 5.74) is 8.79. The maximum Gasteiger partial charge on any atom is 0.343 e. The monoisotopic (exact) mass is 1050 g/mol. The lowest BCUT2D eigenvalue weighted by Gasteiger charge is -2.37. The van der Waals surface area contributed by atoms with E-state index in [1.807, 2.05) is 109 Å². The number of esters is 1. The van der Waals surface area contributed by atoms with Crippen LogP contribution in [0.2, 0.25) is 0 Å². The van der Waals surface area contributed by atoms with Crippen LogP contribution in [0.1, 0.15) is 105 Å². The Morgan fingerprint density at radius 2 is 1.47 bits per heavy atom. The number of aromatic nitrogens is 1. The molecule has 0 radical (unpaired) electrons. The molecule has 2 fully saturated rings. The van der Waals surface area contributed by atoms with Crippen LogP contribution in [0.5, 0.6) is 0 Å². The summed E-state index contributed by atoms with van der Waals surface area (Å²) >= 11 is 1.57. The molecule has 75 heavy (non-hydrogen) atoms. The summed E-state index contributed by atoms with van der Waals surface area (Å²) in [5.74, 6) is -1.02. The Morgan fingerprint density at radius 3 is 2.07 bits per heavy atom. The van der Waals surface area contributed by atoms with Crippen molar-refractivity contribution in [3.8, 4) is 10.4 Å². The second kappa shape index (κ2) is 26.5. The second-order valence-electron chi connectivity index (χ2n) is 21.0. The number of hydrogen-bond donors (Lipinski definition) is 3. The molecule has 1 saturated carbocycles. The van der Waals surface area contributed by atoms with Crippen LogP contribution in [0.25, 0.3) is 16.0 Å². The first kappa shape index (κ1) is 57.2. The minimum atomic E-state index is -0.976. The molecule has 1 aliphatic carbocycles. The Bertz CT molecular complexity index is 2560. The molecule has 7 rings (SSSR count). The summed E-state index contributed by atoms with van der Waals surface area (Å²) in [6.45, 7) is 18.2. The van der Waals surface area contributed by atoms with Gasteiger partial charge in [-0.3, -0.25) is 14.4 Å². The van der Waals surface area contributed by atoms with Crippen LogP contribution in [-0.2, 0) is 58.9 Å². The lowest BCUT2D eigenvalue weighted by atomic mass is 9.80. The van der Waals surface area contributed by atoms with Crippen LogP contribution in [0.4, 0.5) is 0 Å². The Morgan fingerprint density at radius 1 is 0.853 bits per heavy atom. The molecule has 3 aliphatic rings. The number of amides is 3.